The quantitative estimate of drug-likeness (QED) is 0.567. The number of carbonyl (C=O) groups is 2. The standard InChI is InChI=1S/C6H11BO5/c1-4-10-7(11-5(2)8)12-6(3)9/h4H2,1-3H3. The maximum Gasteiger partial charge on any atom is 0.791 e. The van der Waals surface area contributed by atoms with Crippen LogP contribution in [0, 0.1) is 0 Å². The van der Waals surface area contributed by atoms with E-state index in [2.05, 4.69) is 9.31 Å². The van der Waals surface area contributed by atoms with Crippen LogP contribution in [-0.4, -0.2) is 25.9 Å². The molecular formula is C6H11BO5. The molecule has 0 atom stereocenters. The number of rotatable bonds is 4. The summed E-state index contributed by atoms with van der Waals surface area (Å²) < 4.78 is 13.8. The van der Waals surface area contributed by atoms with Crippen molar-refractivity contribution < 1.29 is 23.6 Å². The molecule has 0 heterocycles. The Labute approximate surface area is 71.2 Å². The third-order valence-electron chi connectivity index (χ3n) is 0.827. The van der Waals surface area contributed by atoms with Crippen molar-refractivity contribution in [2.45, 2.75) is 20.8 Å². The van der Waals surface area contributed by atoms with E-state index in [1.165, 1.54) is 13.8 Å². The first-order chi connectivity index (χ1) is 5.56. The average molecular weight is 174 g/mol. The molecule has 6 heteroatoms. The summed E-state index contributed by atoms with van der Waals surface area (Å²) in [5.74, 6) is -1.12. The van der Waals surface area contributed by atoms with Crippen molar-refractivity contribution in [2.75, 3.05) is 6.61 Å². The fourth-order valence-corrected chi connectivity index (χ4v) is 0.499. The minimum absolute atomic E-state index is 0.297. The van der Waals surface area contributed by atoms with Gasteiger partial charge in [-0.15, -0.1) is 0 Å². The molecule has 0 N–H and O–H groups in total. The predicted molar refractivity (Wildman–Crippen MR) is 40.9 cm³/mol. The fraction of sp³-hybridized carbons (Fsp3) is 0.667. The molecule has 0 aliphatic carbocycles. The van der Waals surface area contributed by atoms with Crippen molar-refractivity contribution in [1.82, 2.24) is 0 Å². The SMILES string of the molecule is CCOB(OC(C)=O)OC(C)=O. The lowest BCUT2D eigenvalue weighted by Gasteiger charge is -2.09. The Morgan fingerprint density at radius 2 is 1.58 bits per heavy atom. The van der Waals surface area contributed by atoms with E-state index in [1.54, 1.807) is 6.92 Å². The Balaban J connectivity index is 3.85. The Morgan fingerprint density at radius 1 is 1.17 bits per heavy atom. The van der Waals surface area contributed by atoms with Crippen LogP contribution in [0.1, 0.15) is 20.8 Å². The topological polar surface area (TPSA) is 61.8 Å². The van der Waals surface area contributed by atoms with Crippen molar-refractivity contribution in [3.05, 3.63) is 0 Å². The molecule has 0 fully saturated rings. The van der Waals surface area contributed by atoms with Gasteiger partial charge >= 0.3 is 7.32 Å². The molecule has 5 nitrogen and oxygen atoms in total. The van der Waals surface area contributed by atoms with Crippen LogP contribution in [0.5, 0.6) is 0 Å². The van der Waals surface area contributed by atoms with Gasteiger partial charge in [-0.3, -0.25) is 9.59 Å². The summed E-state index contributed by atoms with van der Waals surface area (Å²) in [6.07, 6.45) is 0. The van der Waals surface area contributed by atoms with Crippen LogP contribution in [0.4, 0.5) is 0 Å². The van der Waals surface area contributed by atoms with E-state index in [0.717, 1.165) is 0 Å². The summed E-state index contributed by atoms with van der Waals surface area (Å²) in [5, 5.41) is 0. The summed E-state index contributed by atoms with van der Waals surface area (Å²) in [7, 11) is -1.22. The van der Waals surface area contributed by atoms with E-state index in [-0.39, 0.29) is 0 Å². The van der Waals surface area contributed by atoms with E-state index in [4.69, 9.17) is 4.65 Å². The number of hydrogen-bond acceptors (Lipinski definition) is 5. The van der Waals surface area contributed by atoms with Crippen LogP contribution in [-0.2, 0) is 23.6 Å². The van der Waals surface area contributed by atoms with E-state index >= 15 is 0 Å². The maximum atomic E-state index is 10.4. The van der Waals surface area contributed by atoms with Crippen molar-refractivity contribution in [2.24, 2.45) is 0 Å². The van der Waals surface area contributed by atoms with E-state index in [9.17, 15) is 9.59 Å². The molecule has 0 saturated heterocycles. The molecule has 0 aromatic carbocycles. The normalized spacial score (nSPS) is 8.92. The van der Waals surface area contributed by atoms with Crippen LogP contribution in [0.2, 0.25) is 0 Å². The van der Waals surface area contributed by atoms with Gasteiger partial charge in [-0.05, 0) is 6.92 Å². The highest BCUT2D eigenvalue weighted by molar-refractivity contribution is 6.41. The highest BCUT2D eigenvalue weighted by Gasteiger charge is 2.28. The van der Waals surface area contributed by atoms with E-state index < -0.39 is 19.3 Å². The molecule has 0 aromatic rings. The molecule has 0 aromatic heterocycles. The lowest BCUT2D eigenvalue weighted by molar-refractivity contribution is -0.140. The maximum absolute atomic E-state index is 10.4. The van der Waals surface area contributed by atoms with E-state index in [1.807, 2.05) is 0 Å². The highest BCUT2D eigenvalue weighted by atomic mass is 16.8. The van der Waals surface area contributed by atoms with Gasteiger partial charge in [0.1, 0.15) is 0 Å². The second-order valence-electron chi connectivity index (χ2n) is 1.96. The molecule has 0 bridgehead atoms. The number of carbonyl (C=O) groups excluding carboxylic acids is 2. The zero-order chi connectivity index (χ0) is 9.56. The van der Waals surface area contributed by atoms with E-state index in [0.29, 0.717) is 6.61 Å². The third-order valence-corrected chi connectivity index (χ3v) is 0.827. The lowest BCUT2D eigenvalue weighted by atomic mass is 10.2. The van der Waals surface area contributed by atoms with Gasteiger partial charge in [0.2, 0.25) is 0 Å². The van der Waals surface area contributed by atoms with Gasteiger partial charge in [-0.1, -0.05) is 0 Å². The second-order valence-corrected chi connectivity index (χ2v) is 1.96. The zero-order valence-electron chi connectivity index (χ0n) is 7.33. The van der Waals surface area contributed by atoms with Gasteiger partial charge in [0, 0.05) is 20.5 Å². The predicted octanol–water partition coefficient (Wildman–Crippen LogP) is 0.134. The van der Waals surface area contributed by atoms with Gasteiger partial charge in [-0.25, -0.2) is 0 Å². The van der Waals surface area contributed by atoms with Gasteiger partial charge in [0.05, 0.1) is 0 Å². The largest absolute Gasteiger partial charge is 0.791 e. The summed E-state index contributed by atoms with van der Waals surface area (Å²) in [5.41, 5.74) is 0. The van der Waals surface area contributed by atoms with Crippen molar-refractivity contribution in [1.29, 1.82) is 0 Å². The molecule has 0 spiro atoms. The van der Waals surface area contributed by atoms with Gasteiger partial charge < -0.3 is 14.0 Å². The van der Waals surface area contributed by atoms with Crippen LogP contribution < -0.4 is 0 Å². The van der Waals surface area contributed by atoms with Crippen LogP contribution in [0.25, 0.3) is 0 Å². The average Bonchev–Trinajstić information content (AvgIpc) is 1.84. The Hall–Kier alpha value is -1.04. The smallest absolute Gasteiger partial charge is 0.474 e. The molecule has 0 aliphatic rings. The molecule has 0 saturated carbocycles. The Bertz CT molecular complexity index is 153. The third kappa shape index (κ3) is 5.73. The zero-order valence-corrected chi connectivity index (χ0v) is 7.33. The molecular weight excluding hydrogens is 163 g/mol. The molecule has 0 amide bonds. The van der Waals surface area contributed by atoms with Gasteiger partial charge in [0.25, 0.3) is 11.9 Å². The van der Waals surface area contributed by atoms with Crippen LogP contribution in [0.15, 0.2) is 0 Å². The van der Waals surface area contributed by atoms with Crippen molar-refractivity contribution in [3.8, 4) is 0 Å². The first kappa shape index (κ1) is 11.0. The Kier molecular flexibility index (Phi) is 5.11. The van der Waals surface area contributed by atoms with Gasteiger partial charge in [-0.2, -0.15) is 0 Å². The number of hydrogen-bond donors (Lipinski definition) is 0. The minimum atomic E-state index is -1.22. The molecule has 0 radical (unpaired) electrons. The fourth-order valence-electron chi connectivity index (χ4n) is 0.499. The summed E-state index contributed by atoms with van der Waals surface area (Å²) in [4.78, 5) is 20.8. The monoisotopic (exact) mass is 174 g/mol. The Morgan fingerprint density at radius 3 is 1.83 bits per heavy atom. The lowest BCUT2D eigenvalue weighted by Crippen LogP contribution is -2.30. The van der Waals surface area contributed by atoms with Crippen LogP contribution in [0.3, 0.4) is 0 Å². The molecule has 0 aliphatic heterocycles. The first-order valence-corrected chi connectivity index (χ1v) is 3.52. The second kappa shape index (κ2) is 5.59. The molecule has 68 valence electrons. The summed E-state index contributed by atoms with van der Waals surface area (Å²) in [6, 6.07) is 0. The first-order valence-electron chi connectivity index (χ1n) is 3.52. The van der Waals surface area contributed by atoms with Gasteiger partial charge in [0.15, 0.2) is 0 Å². The van der Waals surface area contributed by atoms with Crippen molar-refractivity contribution in [3.63, 3.8) is 0 Å². The minimum Gasteiger partial charge on any atom is -0.474 e. The molecule has 0 unspecified atom stereocenters. The molecule has 0 rings (SSSR count). The summed E-state index contributed by atoms with van der Waals surface area (Å²) >= 11 is 0. The summed E-state index contributed by atoms with van der Waals surface area (Å²) in [6.45, 7) is 4.40. The highest BCUT2D eigenvalue weighted by Crippen LogP contribution is 1.93. The van der Waals surface area contributed by atoms with Crippen LogP contribution >= 0.6 is 0 Å². The van der Waals surface area contributed by atoms with Crippen molar-refractivity contribution >= 4 is 19.3 Å². The molecule has 12 heavy (non-hydrogen) atoms.